The van der Waals surface area contributed by atoms with Crippen LogP contribution in [-0.4, -0.2) is 24.9 Å². The van der Waals surface area contributed by atoms with Gasteiger partial charge in [-0.1, -0.05) is 23.5 Å². The molecule has 0 spiro atoms. The summed E-state index contributed by atoms with van der Waals surface area (Å²) in [6, 6.07) is 14.5. The number of amides is 2. The number of hydrogen-bond donors (Lipinski definition) is 2. The number of aromatic nitrogens is 1. The molecule has 7 heteroatoms. The molecule has 0 fully saturated rings. The van der Waals surface area contributed by atoms with E-state index in [-0.39, 0.29) is 12.8 Å². The molecule has 0 aliphatic carbocycles. The highest BCUT2D eigenvalue weighted by atomic mass is 32.1. The van der Waals surface area contributed by atoms with Gasteiger partial charge < -0.3 is 14.8 Å². The molecule has 0 aliphatic rings. The minimum Gasteiger partial charge on any atom is -0.497 e. The first-order valence-electron chi connectivity index (χ1n) is 6.92. The lowest BCUT2D eigenvalue weighted by Gasteiger charge is -2.08. The predicted molar refractivity (Wildman–Crippen MR) is 90.3 cm³/mol. The van der Waals surface area contributed by atoms with E-state index in [1.165, 1.54) is 11.3 Å². The van der Waals surface area contributed by atoms with E-state index < -0.39 is 0 Å². The molecule has 1 aromatic heterocycles. The zero-order valence-electron chi connectivity index (χ0n) is 12.4. The van der Waals surface area contributed by atoms with Crippen molar-refractivity contribution in [2.75, 3.05) is 19.2 Å². The second-order valence-electron chi connectivity index (χ2n) is 4.58. The quantitative estimate of drug-likeness (QED) is 0.703. The van der Waals surface area contributed by atoms with Gasteiger partial charge >= 0.3 is 6.03 Å². The molecule has 0 saturated carbocycles. The number of hydrogen-bond acceptors (Lipinski definition) is 5. The van der Waals surface area contributed by atoms with Gasteiger partial charge in [0.25, 0.3) is 0 Å². The van der Waals surface area contributed by atoms with E-state index in [1.807, 2.05) is 24.3 Å². The van der Waals surface area contributed by atoms with Crippen molar-refractivity contribution in [3.63, 3.8) is 0 Å². The maximum Gasteiger partial charge on any atom is 0.323 e. The smallest absolute Gasteiger partial charge is 0.323 e. The molecule has 3 rings (SSSR count). The number of benzene rings is 2. The van der Waals surface area contributed by atoms with Crippen molar-refractivity contribution in [1.82, 2.24) is 10.3 Å². The molecule has 23 heavy (non-hydrogen) atoms. The standard InChI is InChI=1S/C16H15N3O3S/c1-21-11-6-8-12(9-7-11)22-10-17-15(20)19-16-18-13-4-2-3-5-14(13)23-16/h2-9H,10H2,1H3,(H2,17,18,19,20). The van der Waals surface area contributed by atoms with Crippen LogP contribution in [0.15, 0.2) is 48.5 Å². The molecule has 2 aromatic carbocycles. The van der Waals surface area contributed by atoms with Gasteiger partial charge in [0.2, 0.25) is 0 Å². The Labute approximate surface area is 137 Å². The number of nitrogens with zero attached hydrogens (tertiary/aromatic N) is 1. The van der Waals surface area contributed by atoms with Crippen LogP contribution in [0.1, 0.15) is 0 Å². The summed E-state index contributed by atoms with van der Waals surface area (Å²) in [5.74, 6) is 1.39. The van der Waals surface area contributed by atoms with Crippen LogP contribution in [0.2, 0.25) is 0 Å². The summed E-state index contributed by atoms with van der Waals surface area (Å²) in [5, 5.41) is 5.86. The predicted octanol–water partition coefficient (Wildman–Crippen LogP) is 3.46. The third kappa shape index (κ3) is 3.89. The minimum atomic E-state index is -0.363. The van der Waals surface area contributed by atoms with Crippen LogP contribution < -0.4 is 20.1 Å². The number of carbonyl (C=O) groups excluding carboxylic acids is 1. The summed E-state index contributed by atoms with van der Waals surface area (Å²) in [6.07, 6.45) is 0. The molecule has 1 heterocycles. The molecule has 118 valence electrons. The number of urea groups is 1. The number of nitrogens with one attached hydrogen (secondary N) is 2. The number of anilines is 1. The highest BCUT2D eigenvalue weighted by Crippen LogP contribution is 2.25. The van der Waals surface area contributed by atoms with Gasteiger partial charge in [0.05, 0.1) is 17.3 Å². The molecular weight excluding hydrogens is 314 g/mol. The van der Waals surface area contributed by atoms with Gasteiger partial charge in [0.15, 0.2) is 11.9 Å². The summed E-state index contributed by atoms with van der Waals surface area (Å²) in [6.45, 7) is 0.0586. The third-order valence-electron chi connectivity index (χ3n) is 3.05. The lowest BCUT2D eigenvalue weighted by atomic mass is 10.3. The van der Waals surface area contributed by atoms with E-state index in [0.29, 0.717) is 10.9 Å². The van der Waals surface area contributed by atoms with Crippen molar-refractivity contribution < 1.29 is 14.3 Å². The van der Waals surface area contributed by atoms with Gasteiger partial charge in [-0.15, -0.1) is 0 Å². The molecule has 0 unspecified atom stereocenters. The highest BCUT2D eigenvalue weighted by Gasteiger charge is 2.06. The van der Waals surface area contributed by atoms with Crippen molar-refractivity contribution in [2.24, 2.45) is 0 Å². The fraction of sp³-hybridized carbons (Fsp3) is 0.125. The van der Waals surface area contributed by atoms with Gasteiger partial charge in [-0.25, -0.2) is 9.78 Å². The number of thiazole rings is 1. The van der Waals surface area contributed by atoms with E-state index in [4.69, 9.17) is 9.47 Å². The molecule has 0 aliphatic heterocycles. The van der Waals surface area contributed by atoms with E-state index in [1.54, 1.807) is 31.4 Å². The normalized spacial score (nSPS) is 10.3. The zero-order chi connectivity index (χ0) is 16.1. The zero-order valence-corrected chi connectivity index (χ0v) is 13.2. The van der Waals surface area contributed by atoms with Crippen LogP contribution in [0.3, 0.4) is 0 Å². The summed E-state index contributed by atoms with van der Waals surface area (Å²) in [5.41, 5.74) is 0.863. The fourth-order valence-corrected chi connectivity index (χ4v) is 2.78. The van der Waals surface area contributed by atoms with Crippen LogP contribution in [0.4, 0.5) is 9.93 Å². The topological polar surface area (TPSA) is 72.5 Å². The van der Waals surface area contributed by atoms with Crippen molar-refractivity contribution >= 4 is 32.7 Å². The summed E-state index contributed by atoms with van der Waals surface area (Å²) in [7, 11) is 1.60. The van der Waals surface area contributed by atoms with Gasteiger partial charge in [-0.3, -0.25) is 5.32 Å². The summed E-state index contributed by atoms with van der Waals surface area (Å²) >= 11 is 1.42. The van der Waals surface area contributed by atoms with Gasteiger partial charge in [0.1, 0.15) is 11.5 Å². The Morgan fingerprint density at radius 1 is 1.13 bits per heavy atom. The van der Waals surface area contributed by atoms with Gasteiger partial charge in [0, 0.05) is 0 Å². The highest BCUT2D eigenvalue weighted by molar-refractivity contribution is 7.22. The lowest BCUT2D eigenvalue weighted by molar-refractivity contribution is 0.234. The van der Waals surface area contributed by atoms with Crippen LogP contribution in [0, 0.1) is 0 Å². The second kappa shape index (κ2) is 6.97. The van der Waals surface area contributed by atoms with Crippen molar-refractivity contribution in [2.45, 2.75) is 0 Å². The van der Waals surface area contributed by atoms with E-state index >= 15 is 0 Å². The average Bonchev–Trinajstić information content (AvgIpc) is 2.97. The number of rotatable bonds is 5. The molecule has 2 amide bonds. The summed E-state index contributed by atoms with van der Waals surface area (Å²) < 4.78 is 11.5. The number of para-hydroxylation sites is 1. The number of methoxy groups -OCH3 is 1. The van der Waals surface area contributed by atoms with Crippen LogP contribution in [0.5, 0.6) is 11.5 Å². The monoisotopic (exact) mass is 329 g/mol. The Morgan fingerprint density at radius 3 is 2.61 bits per heavy atom. The van der Waals surface area contributed by atoms with Crippen molar-refractivity contribution in [3.05, 3.63) is 48.5 Å². The molecular formula is C16H15N3O3S. The average molecular weight is 329 g/mol. The molecule has 2 N–H and O–H groups in total. The largest absolute Gasteiger partial charge is 0.497 e. The fourth-order valence-electron chi connectivity index (χ4n) is 1.92. The third-order valence-corrected chi connectivity index (χ3v) is 4.00. The number of ether oxygens (including phenoxy) is 2. The maximum absolute atomic E-state index is 11.8. The van der Waals surface area contributed by atoms with E-state index in [9.17, 15) is 4.79 Å². The molecule has 6 nitrogen and oxygen atoms in total. The van der Waals surface area contributed by atoms with E-state index in [2.05, 4.69) is 15.6 Å². The first-order chi connectivity index (χ1) is 11.2. The van der Waals surface area contributed by atoms with Crippen LogP contribution in [-0.2, 0) is 0 Å². The molecule has 3 aromatic rings. The lowest BCUT2D eigenvalue weighted by Crippen LogP contribution is -2.31. The minimum absolute atomic E-state index is 0.0586. The number of fused-ring (bicyclic) bond motifs is 1. The Kier molecular flexibility index (Phi) is 4.58. The van der Waals surface area contributed by atoms with Gasteiger partial charge in [-0.05, 0) is 36.4 Å². The molecule has 0 atom stereocenters. The molecule has 0 saturated heterocycles. The second-order valence-corrected chi connectivity index (χ2v) is 5.61. The Morgan fingerprint density at radius 2 is 1.87 bits per heavy atom. The first kappa shape index (κ1) is 15.1. The maximum atomic E-state index is 11.8. The molecule has 0 bridgehead atoms. The number of carbonyl (C=O) groups is 1. The molecule has 0 radical (unpaired) electrons. The SMILES string of the molecule is COc1ccc(OCNC(=O)Nc2nc3ccccc3s2)cc1. The Bertz CT molecular complexity index is 769. The Balaban J connectivity index is 1.49. The Hall–Kier alpha value is -2.80. The summed E-state index contributed by atoms with van der Waals surface area (Å²) in [4.78, 5) is 16.2. The van der Waals surface area contributed by atoms with Crippen LogP contribution >= 0.6 is 11.3 Å². The van der Waals surface area contributed by atoms with Crippen LogP contribution in [0.25, 0.3) is 10.2 Å². The van der Waals surface area contributed by atoms with Gasteiger partial charge in [-0.2, -0.15) is 0 Å². The first-order valence-corrected chi connectivity index (χ1v) is 7.73. The van der Waals surface area contributed by atoms with Crippen molar-refractivity contribution in [3.8, 4) is 11.5 Å². The van der Waals surface area contributed by atoms with Crippen molar-refractivity contribution in [1.29, 1.82) is 0 Å². The van der Waals surface area contributed by atoms with E-state index in [0.717, 1.165) is 16.0 Å².